The van der Waals surface area contributed by atoms with E-state index in [2.05, 4.69) is 0 Å². The van der Waals surface area contributed by atoms with E-state index in [1.54, 1.807) is 6.07 Å². The molecule has 0 amide bonds. The van der Waals surface area contributed by atoms with Crippen molar-refractivity contribution in [1.82, 2.24) is 0 Å². The van der Waals surface area contributed by atoms with Crippen LogP contribution in [-0.4, -0.2) is 44.6 Å². The molecule has 1 aliphatic rings. The number of hydrogen-bond donors (Lipinski definition) is 1. The van der Waals surface area contributed by atoms with Crippen LogP contribution in [0.3, 0.4) is 0 Å². The number of morpholine rings is 1. The Balaban J connectivity index is 2.38. The molecule has 19 heavy (non-hydrogen) atoms. The van der Waals surface area contributed by atoms with Gasteiger partial charge in [-0.3, -0.25) is 5.21 Å². The quantitative estimate of drug-likeness (QED) is 0.646. The summed E-state index contributed by atoms with van der Waals surface area (Å²) in [5.74, 6) is -0.551. The number of nitrogens with zero attached hydrogens (tertiary/aromatic N) is 2. The second-order valence-corrected chi connectivity index (χ2v) is 4.07. The van der Waals surface area contributed by atoms with Crippen LogP contribution < -0.4 is 10.1 Å². The lowest BCUT2D eigenvalue weighted by atomic mass is 10.1. The van der Waals surface area contributed by atoms with Gasteiger partial charge >= 0.3 is 5.97 Å². The molecule has 104 valence electrons. The Morgan fingerprint density at radius 1 is 1.47 bits per heavy atom. The maximum absolute atomic E-state index is 11.8. The van der Waals surface area contributed by atoms with Crippen molar-refractivity contribution in [1.29, 1.82) is 0 Å². The topological polar surface area (TPSA) is 85.3 Å². The van der Waals surface area contributed by atoms with Crippen LogP contribution in [0.15, 0.2) is 18.2 Å². The van der Waals surface area contributed by atoms with Gasteiger partial charge in [0.05, 0.1) is 37.3 Å². The Morgan fingerprint density at radius 3 is 2.74 bits per heavy atom. The number of methoxy groups -OCH3 is 1. The van der Waals surface area contributed by atoms with Crippen molar-refractivity contribution in [2.75, 3.05) is 43.5 Å². The van der Waals surface area contributed by atoms with Crippen molar-refractivity contribution in [3.8, 4) is 0 Å². The van der Waals surface area contributed by atoms with Crippen molar-refractivity contribution < 1.29 is 19.5 Å². The molecule has 0 spiro atoms. The molecule has 7 heteroatoms. The predicted molar refractivity (Wildman–Crippen MR) is 68.4 cm³/mol. The molecule has 0 aromatic heterocycles. The molecule has 0 atom stereocenters. The van der Waals surface area contributed by atoms with Gasteiger partial charge in [-0.2, -0.15) is 0 Å². The average Bonchev–Trinajstić information content (AvgIpc) is 2.46. The highest BCUT2D eigenvalue weighted by molar-refractivity contribution is 5.97. The first-order chi connectivity index (χ1) is 9.13. The zero-order valence-electron chi connectivity index (χ0n) is 10.5. The predicted octanol–water partition coefficient (Wildman–Crippen LogP) is 1.00. The number of hydrogen-bond acceptors (Lipinski definition) is 7. The molecule has 0 saturated carbocycles. The van der Waals surface area contributed by atoms with Gasteiger partial charge in [-0.15, -0.1) is 0 Å². The standard InChI is InChI=1S/C12H15N2O5/c1-18-12(15)10-8-9(14(16)17)2-3-11(10)13-4-6-19-7-5-13/h2-3,8,16H,4-7H2,1H3/q-1. The summed E-state index contributed by atoms with van der Waals surface area (Å²) in [6.45, 7) is 2.47. The van der Waals surface area contributed by atoms with Gasteiger partial charge in [-0.25, -0.2) is 4.79 Å². The van der Waals surface area contributed by atoms with Crippen LogP contribution in [0.5, 0.6) is 0 Å². The Hall–Kier alpha value is -1.83. The highest BCUT2D eigenvalue weighted by Gasteiger charge is 2.19. The number of carbonyl (C=O) groups is 1. The first-order valence-electron chi connectivity index (χ1n) is 5.84. The van der Waals surface area contributed by atoms with Gasteiger partial charge < -0.3 is 24.8 Å². The molecule has 7 nitrogen and oxygen atoms in total. The summed E-state index contributed by atoms with van der Waals surface area (Å²) >= 11 is 0. The third-order valence-electron chi connectivity index (χ3n) is 2.96. The molecule has 2 rings (SSSR count). The van der Waals surface area contributed by atoms with E-state index in [9.17, 15) is 10.0 Å². The average molecular weight is 267 g/mol. The van der Waals surface area contributed by atoms with Gasteiger partial charge in [-0.1, -0.05) is 0 Å². The molecule has 1 aromatic rings. The molecule has 0 unspecified atom stereocenters. The van der Waals surface area contributed by atoms with Crippen molar-refractivity contribution in [3.63, 3.8) is 0 Å². The number of rotatable bonds is 3. The Morgan fingerprint density at radius 2 is 2.16 bits per heavy atom. The minimum absolute atomic E-state index is 0.0163. The second kappa shape index (κ2) is 5.87. The Bertz CT molecular complexity index is 457. The van der Waals surface area contributed by atoms with Crippen molar-refractivity contribution >= 4 is 17.3 Å². The van der Waals surface area contributed by atoms with Gasteiger partial charge in [0.25, 0.3) is 0 Å². The van der Waals surface area contributed by atoms with E-state index in [0.717, 1.165) is 0 Å². The monoisotopic (exact) mass is 267 g/mol. The smallest absolute Gasteiger partial charge is 0.340 e. The van der Waals surface area contributed by atoms with E-state index in [-0.39, 0.29) is 16.5 Å². The lowest BCUT2D eigenvalue weighted by molar-refractivity contribution is 0.0600. The maximum Gasteiger partial charge on any atom is 0.340 e. The number of carbonyl (C=O) groups excluding carboxylic acids is 1. The van der Waals surface area contributed by atoms with Crippen molar-refractivity contribution in [3.05, 3.63) is 29.0 Å². The van der Waals surface area contributed by atoms with Crippen molar-refractivity contribution in [2.45, 2.75) is 0 Å². The highest BCUT2D eigenvalue weighted by atomic mass is 16.8. The lowest BCUT2D eigenvalue weighted by Crippen LogP contribution is -2.37. The molecule has 0 bridgehead atoms. The molecule has 0 aliphatic carbocycles. The third-order valence-corrected chi connectivity index (χ3v) is 2.96. The van der Waals surface area contributed by atoms with E-state index in [4.69, 9.17) is 14.7 Å². The fourth-order valence-corrected chi connectivity index (χ4v) is 2.00. The number of esters is 1. The fourth-order valence-electron chi connectivity index (χ4n) is 2.00. The molecular weight excluding hydrogens is 252 g/mol. The zero-order valence-corrected chi connectivity index (χ0v) is 10.5. The van der Waals surface area contributed by atoms with Crippen LogP contribution in [0.2, 0.25) is 0 Å². The van der Waals surface area contributed by atoms with Gasteiger partial charge in [-0.05, 0) is 18.2 Å². The van der Waals surface area contributed by atoms with E-state index >= 15 is 0 Å². The summed E-state index contributed by atoms with van der Waals surface area (Å²) in [5, 5.41) is 19.5. The van der Waals surface area contributed by atoms with E-state index in [0.29, 0.717) is 32.0 Å². The van der Waals surface area contributed by atoms with Crippen LogP contribution >= 0.6 is 0 Å². The maximum atomic E-state index is 11.8. The van der Waals surface area contributed by atoms with E-state index in [1.807, 2.05) is 4.90 Å². The van der Waals surface area contributed by atoms with Gasteiger partial charge in [0, 0.05) is 13.1 Å². The normalized spacial score (nSPS) is 15.2. The van der Waals surface area contributed by atoms with Crippen LogP contribution in [0.4, 0.5) is 11.4 Å². The highest BCUT2D eigenvalue weighted by Crippen LogP contribution is 2.27. The summed E-state index contributed by atoms with van der Waals surface area (Å²) in [7, 11) is 1.27. The largest absolute Gasteiger partial charge is 0.733 e. The van der Waals surface area contributed by atoms with E-state index < -0.39 is 5.97 Å². The van der Waals surface area contributed by atoms with Crippen LogP contribution in [0, 0.1) is 5.21 Å². The van der Waals surface area contributed by atoms with Gasteiger partial charge in [0.2, 0.25) is 0 Å². The summed E-state index contributed by atoms with van der Waals surface area (Å²) in [6, 6.07) is 4.38. The van der Waals surface area contributed by atoms with Crippen LogP contribution in [0.25, 0.3) is 0 Å². The van der Waals surface area contributed by atoms with Crippen LogP contribution in [0.1, 0.15) is 10.4 Å². The summed E-state index contributed by atoms with van der Waals surface area (Å²) < 4.78 is 9.96. The first kappa shape index (κ1) is 13.6. The Kier molecular flexibility index (Phi) is 4.20. The first-order valence-corrected chi connectivity index (χ1v) is 5.84. The molecular formula is C12H15N2O5-. The third kappa shape index (κ3) is 2.95. The lowest BCUT2D eigenvalue weighted by Gasteiger charge is -2.31. The Labute approximate surface area is 110 Å². The minimum Gasteiger partial charge on any atom is -0.733 e. The molecule has 1 aliphatic heterocycles. The fraction of sp³-hybridized carbons (Fsp3) is 0.417. The summed E-state index contributed by atoms with van der Waals surface area (Å²) in [6.07, 6.45) is 0. The van der Waals surface area contributed by atoms with Crippen molar-refractivity contribution in [2.24, 2.45) is 0 Å². The molecule has 1 heterocycles. The molecule has 1 aromatic carbocycles. The summed E-state index contributed by atoms with van der Waals surface area (Å²) in [5.41, 5.74) is 0.898. The number of ether oxygens (including phenoxy) is 2. The van der Waals surface area contributed by atoms with Crippen LogP contribution in [-0.2, 0) is 9.47 Å². The molecule has 0 radical (unpaired) electrons. The second-order valence-electron chi connectivity index (χ2n) is 4.07. The summed E-state index contributed by atoms with van der Waals surface area (Å²) in [4.78, 5) is 13.7. The zero-order chi connectivity index (χ0) is 13.8. The van der Waals surface area contributed by atoms with E-state index in [1.165, 1.54) is 19.2 Å². The number of anilines is 2. The SMILES string of the molecule is COC(=O)c1cc(N([O-])O)ccc1N1CCOCC1. The molecule has 1 saturated heterocycles. The molecule has 1 N–H and O–H groups in total. The number of benzene rings is 1. The minimum atomic E-state index is -0.551. The molecule has 1 fully saturated rings. The van der Waals surface area contributed by atoms with Gasteiger partial charge in [0.1, 0.15) is 0 Å². The van der Waals surface area contributed by atoms with Gasteiger partial charge in [0.15, 0.2) is 0 Å².